The van der Waals surface area contributed by atoms with Crippen LogP contribution in [0.1, 0.15) is 6.92 Å². The average molecular weight is 105 g/mol. The summed E-state index contributed by atoms with van der Waals surface area (Å²) in [5, 5.41) is 0. The first-order valence-electron chi connectivity index (χ1n) is 2.54. The average Bonchev–Trinajstić information content (AvgIpc) is 2.19. The van der Waals surface area contributed by atoms with Gasteiger partial charge in [-0.15, -0.1) is 5.73 Å². The first-order valence-corrected chi connectivity index (χ1v) is 2.54. The summed E-state index contributed by atoms with van der Waals surface area (Å²) in [5.41, 5.74) is 4.05. The van der Waals surface area contributed by atoms with E-state index < -0.39 is 0 Å². The minimum atomic E-state index is 1.05. The molecule has 0 amide bonds. The Morgan fingerprint density at radius 2 is 2.62 bits per heavy atom. The predicted octanol–water partition coefficient (Wildman–Crippen LogP) is 1.69. The third-order valence-corrected chi connectivity index (χ3v) is 0.865. The van der Waals surface area contributed by atoms with Crippen LogP contribution >= 0.6 is 0 Å². The Morgan fingerprint density at radius 3 is 3.12 bits per heavy atom. The zero-order valence-electron chi connectivity index (χ0n) is 4.76. The van der Waals surface area contributed by atoms with Crippen LogP contribution in [0, 0.1) is 0 Å². The van der Waals surface area contributed by atoms with Crippen molar-refractivity contribution in [2.75, 3.05) is 0 Å². The maximum absolute atomic E-state index is 3.86. The third kappa shape index (κ3) is 0.955. The molecule has 0 fully saturated rings. The van der Waals surface area contributed by atoms with Gasteiger partial charge < -0.3 is 0 Å². The fourth-order valence-corrected chi connectivity index (χ4v) is 0.542. The lowest BCUT2D eigenvalue weighted by Gasteiger charge is -1.71. The molecule has 1 heterocycles. The zero-order valence-corrected chi connectivity index (χ0v) is 4.76. The number of hydrogen-bond acceptors (Lipinski definition) is 1. The van der Waals surface area contributed by atoms with E-state index >= 15 is 0 Å². The monoisotopic (exact) mass is 105 g/mol. The molecule has 0 aliphatic carbocycles. The highest BCUT2D eigenvalue weighted by Crippen LogP contribution is 1.97. The minimum Gasteiger partial charge on any atom is -0.263 e. The Labute approximate surface area is 48.7 Å². The van der Waals surface area contributed by atoms with Gasteiger partial charge in [0, 0.05) is 18.0 Å². The fourth-order valence-electron chi connectivity index (χ4n) is 0.542. The summed E-state index contributed by atoms with van der Waals surface area (Å²) in [4.78, 5) is 3.86. The lowest BCUT2D eigenvalue weighted by Crippen LogP contribution is -1.66. The van der Waals surface area contributed by atoms with Crippen LogP contribution in [0.5, 0.6) is 0 Å². The lowest BCUT2D eigenvalue weighted by molar-refractivity contribution is 1.65. The van der Waals surface area contributed by atoms with Crippen LogP contribution in [0.4, 0.5) is 0 Å². The largest absolute Gasteiger partial charge is 0.263 e. The molecule has 0 aromatic heterocycles. The highest BCUT2D eigenvalue weighted by atomic mass is 14.7. The van der Waals surface area contributed by atoms with E-state index in [9.17, 15) is 0 Å². The molecule has 0 saturated carbocycles. The summed E-state index contributed by atoms with van der Waals surface area (Å²) in [7, 11) is 0. The van der Waals surface area contributed by atoms with Gasteiger partial charge >= 0.3 is 0 Å². The third-order valence-electron chi connectivity index (χ3n) is 0.865. The molecular formula is C7H7N. The highest BCUT2D eigenvalue weighted by Gasteiger charge is 1.86. The van der Waals surface area contributed by atoms with E-state index in [0.717, 1.165) is 5.57 Å². The molecule has 40 valence electrons. The Bertz CT molecular complexity index is 176. The van der Waals surface area contributed by atoms with Gasteiger partial charge in [0.15, 0.2) is 0 Å². The van der Waals surface area contributed by atoms with Crippen LogP contribution in [0.15, 0.2) is 34.6 Å². The van der Waals surface area contributed by atoms with E-state index in [-0.39, 0.29) is 0 Å². The Hall–Kier alpha value is -1.07. The lowest BCUT2D eigenvalue weighted by atomic mass is 10.3. The van der Waals surface area contributed by atoms with Gasteiger partial charge in [0.1, 0.15) is 0 Å². The fraction of sp³-hybridized carbons (Fsp3) is 0.143. The maximum Gasteiger partial charge on any atom is 0.0418 e. The van der Waals surface area contributed by atoms with E-state index in [1.54, 1.807) is 12.4 Å². The molecule has 1 nitrogen and oxygen atoms in total. The predicted molar refractivity (Wildman–Crippen MR) is 34.9 cm³/mol. The van der Waals surface area contributed by atoms with Crippen molar-refractivity contribution in [2.24, 2.45) is 4.99 Å². The second-order valence-corrected chi connectivity index (χ2v) is 1.48. The van der Waals surface area contributed by atoms with Gasteiger partial charge in [-0.1, -0.05) is 0 Å². The number of rotatable bonds is 0. The van der Waals surface area contributed by atoms with Crippen LogP contribution in [0.3, 0.4) is 0 Å². The topological polar surface area (TPSA) is 12.4 Å². The van der Waals surface area contributed by atoms with Crippen LogP contribution < -0.4 is 0 Å². The van der Waals surface area contributed by atoms with Gasteiger partial charge in [-0.25, -0.2) is 0 Å². The van der Waals surface area contributed by atoms with Crippen LogP contribution in [0.2, 0.25) is 0 Å². The molecule has 0 N–H and O–H groups in total. The number of allylic oxidation sites excluding steroid dienone is 2. The smallest absolute Gasteiger partial charge is 0.0418 e. The first-order chi connectivity index (χ1) is 3.93. The second-order valence-electron chi connectivity index (χ2n) is 1.48. The van der Waals surface area contributed by atoms with Crippen molar-refractivity contribution in [3.8, 4) is 0 Å². The minimum absolute atomic E-state index is 1.05. The van der Waals surface area contributed by atoms with Gasteiger partial charge in [-0.05, 0) is 19.1 Å². The zero-order chi connectivity index (χ0) is 5.82. The molecule has 0 saturated heterocycles. The number of hydrogen-bond donors (Lipinski definition) is 0. The summed E-state index contributed by atoms with van der Waals surface area (Å²) in [5.74, 6) is 0. The van der Waals surface area contributed by atoms with Crippen molar-refractivity contribution >= 4 is 6.21 Å². The quantitative estimate of drug-likeness (QED) is 0.416. The highest BCUT2D eigenvalue weighted by molar-refractivity contribution is 5.84. The maximum atomic E-state index is 3.86. The summed E-state index contributed by atoms with van der Waals surface area (Å²) in [6.07, 6.45) is 7.32. The van der Waals surface area contributed by atoms with E-state index in [1.165, 1.54) is 0 Å². The molecule has 0 aromatic rings. The molecular weight excluding hydrogens is 98.1 g/mol. The number of nitrogens with zero attached hydrogens (tertiary/aromatic N) is 1. The molecule has 1 aliphatic heterocycles. The summed E-state index contributed by atoms with van der Waals surface area (Å²) < 4.78 is 0. The molecule has 1 rings (SSSR count). The summed E-state index contributed by atoms with van der Waals surface area (Å²) >= 11 is 0. The van der Waals surface area contributed by atoms with E-state index in [0.29, 0.717) is 0 Å². The molecule has 0 unspecified atom stereocenters. The molecule has 0 spiro atoms. The van der Waals surface area contributed by atoms with Crippen molar-refractivity contribution in [3.63, 3.8) is 0 Å². The molecule has 0 radical (unpaired) electrons. The van der Waals surface area contributed by atoms with Crippen molar-refractivity contribution in [2.45, 2.75) is 6.92 Å². The summed E-state index contributed by atoms with van der Waals surface area (Å²) in [6, 6.07) is 0. The molecule has 0 atom stereocenters. The van der Waals surface area contributed by atoms with Gasteiger partial charge in [0.25, 0.3) is 0 Å². The van der Waals surface area contributed by atoms with Crippen molar-refractivity contribution in [1.82, 2.24) is 0 Å². The Balaban J connectivity index is 2.91. The van der Waals surface area contributed by atoms with E-state index in [2.05, 4.69) is 10.7 Å². The Morgan fingerprint density at radius 1 is 1.75 bits per heavy atom. The first kappa shape index (κ1) is 5.07. The summed E-state index contributed by atoms with van der Waals surface area (Å²) in [6.45, 7) is 1.94. The van der Waals surface area contributed by atoms with Crippen LogP contribution in [-0.2, 0) is 0 Å². The van der Waals surface area contributed by atoms with Gasteiger partial charge in [-0.2, -0.15) is 0 Å². The SMILES string of the molecule is CC=C=C1C=CN=C1. The van der Waals surface area contributed by atoms with Crippen molar-refractivity contribution in [3.05, 3.63) is 29.7 Å². The molecule has 1 aliphatic rings. The molecule has 0 bridgehead atoms. The molecule has 8 heavy (non-hydrogen) atoms. The molecule has 1 heteroatoms. The van der Waals surface area contributed by atoms with Gasteiger partial charge in [0.05, 0.1) is 0 Å². The van der Waals surface area contributed by atoms with Gasteiger partial charge in [0.2, 0.25) is 0 Å². The molecule has 0 aromatic carbocycles. The van der Waals surface area contributed by atoms with Gasteiger partial charge in [-0.3, -0.25) is 4.99 Å². The van der Waals surface area contributed by atoms with Crippen molar-refractivity contribution < 1.29 is 0 Å². The van der Waals surface area contributed by atoms with Crippen molar-refractivity contribution in [1.29, 1.82) is 0 Å². The standard InChI is InChI=1S/C7H7N/c1-2-3-7-4-5-8-6-7/h2,4-6H,1H3. The normalized spacial score (nSPS) is 14.4. The van der Waals surface area contributed by atoms with Crippen LogP contribution in [-0.4, -0.2) is 6.21 Å². The van der Waals surface area contributed by atoms with E-state index in [1.807, 2.05) is 19.1 Å². The van der Waals surface area contributed by atoms with E-state index in [4.69, 9.17) is 0 Å². The van der Waals surface area contributed by atoms with Crippen LogP contribution in [0.25, 0.3) is 0 Å². The number of aliphatic imine (C=N–C) groups is 1. The second kappa shape index (κ2) is 2.29. The Kier molecular flexibility index (Phi) is 1.45.